The van der Waals surface area contributed by atoms with E-state index in [-0.39, 0.29) is 0 Å². The van der Waals surface area contributed by atoms with E-state index >= 15 is 0 Å². The quantitative estimate of drug-likeness (QED) is 0.746. The van der Waals surface area contributed by atoms with Crippen LogP contribution in [0.25, 0.3) is 11.2 Å². The molecule has 102 valence electrons. The standard InChI is InChI=1S/C15H15N3OS/c1-11-7-8-13-14(16-11)18(15(20)17-13)9-10-19-12-5-3-2-4-6-12/h2-8H,9-10H2,1H3,(H,17,20). The first kappa shape index (κ1) is 12.9. The first-order valence-corrected chi connectivity index (χ1v) is 6.89. The smallest absolute Gasteiger partial charge is 0.179 e. The monoisotopic (exact) mass is 285 g/mol. The zero-order chi connectivity index (χ0) is 13.9. The maximum atomic E-state index is 5.70. The number of nitrogens with one attached hydrogen (secondary N) is 1. The van der Waals surface area contributed by atoms with Crippen molar-refractivity contribution >= 4 is 23.4 Å². The molecule has 0 spiro atoms. The number of fused-ring (bicyclic) bond motifs is 1. The zero-order valence-electron chi connectivity index (χ0n) is 11.2. The Bertz CT molecular complexity index is 777. The Hall–Kier alpha value is -2.14. The maximum Gasteiger partial charge on any atom is 0.179 e. The molecule has 0 saturated carbocycles. The number of para-hydroxylation sites is 1. The lowest BCUT2D eigenvalue weighted by Gasteiger charge is -2.07. The van der Waals surface area contributed by atoms with E-state index in [0.717, 1.165) is 22.6 Å². The predicted molar refractivity (Wildman–Crippen MR) is 81.6 cm³/mol. The van der Waals surface area contributed by atoms with E-state index in [4.69, 9.17) is 17.0 Å². The van der Waals surface area contributed by atoms with Crippen molar-refractivity contribution < 1.29 is 4.74 Å². The van der Waals surface area contributed by atoms with Gasteiger partial charge in [0, 0.05) is 5.69 Å². The predicted octanol–water partition coefficient (Wildman–Crippen LogP) is 3.48. The molecule has 4 nitrogen and oxygen atoms in total. The highest BCUT2D eigenvalue weighted by Crippen LogP contribution is 2.13. The van der Waals surface area contributed by atoms with Gasteiger partial charge in [0.05, 0.1) is 12.1 Å². The molecule has 0 atom stereocenters. The minimum atomic E-state index is 0.556. The normalized spacial score (nSPS) is 10.8. The third kappa shape index (κ3) is 2.58. The van der Waals surface area contributed by atoms with Gasteiger partial charge >= 0.3 is 0 Å². The molecule has 2 heterocycles. The Morgan fingerprint density at radius 2 is 2.00 bits per heavy atom. The number of nitrogens with zero attached hydrogens (tertiary/aromatic N) is 2. The third-order valence-corrected chi connectivity index (χ3v) is 3.41. The minimum Gasteiger partial charge on any atom is -0.492 e. The van der Waals surface area contributed by atoms with Crippen LogP contribution in [0.2, 0.25) is 0 Å². The van der Waals surface area contributed by atoms with Gasteiger partial charge in [0.2, 0.25) is 0 Å². The SMILES string of the molecule is Cc1ccc2[nH]c(=S)n(CCOc3ccccc3)c2n1. The molecule has 0 radical (unpaired) electrons. The van der Waals surface area contributed by atoms with E-state index in [1.807, 2.05) is 54.0 Å². The zero-order valence-corrected chi connectivity index (χ0v) is 12.0. The Morgan fingerprint density at radius 1 is 1.20 bits per heavy atom. The van der Waals surface area contributed by atoms with Gasteiger partial charge in [-0.2, -0.15) is 0 Å². The fraction of sp³-hybridized carbons (Fsp3) is 0.200. The molecule has 0 bridgehead atoms. The summed E-state index contributed by atoms with van der Waals surface area (Å²) in [6, 6.07) is 13.7. The molecule has 0 saturated heterocycles. The molecule has 3 aromatic rings. The largest absolute Gasteiger partial charge is 0.492 e. The van der Waals surface area contributed by atoms with E-state index in [0.29, 0.717) is 17.9 Å². The van der Waals surface area contributed by atoms with Gasteiger partial charge in [-0.1, -0.05) is 18.2 Å². The maximum absolute atomic E-state index is 5.70. The molecular formula is C15H15N3OS. The highest BCUT2D eigenvalue weighted by atomic mass is 32.1. The number of imidazole rings is 1. The van der Waals surface area contributed by atoms with Crippen LogP contribution in [0.4, 0.5) is 0 Å². The second-order valence-corrected chi connectivity index (χ2v) is 4.95. The number of benzene rings is 1. The van der Waals surface area contributed by atoms with Crippen molar-refractivity contribution in [1.29, 1.82) is 0 Å². The summed E-state index contributed by atoms with van der Waals surface area (Å²) in [5.74, 6) is 0.864. The molecule has 1 aromatic carbocycles. The molecule has 0 unspecified atom stereocenters. The Morgan fingerprint density at radius 3 is 2.80 bits per heavy atom. The topological polar surface area (TPSA) is 42.8 Å². The summed E-state index contributed by atoms with van der Waals surface area (Å²) in [6.45, 7) is 3.20. The van der Waals surface area contributed by atoms with E-state index in [1.165, 1.54) is 0 Å². The lowest BCUT2D eigenvalue weighted by molar-refractivity contribution is 0.299. The van der Waals surface area contributed by atoms with Crippen LogP contribution in [0.5, 0.6) is 5.75 Å². The molecular weight excluding hydrogens is 270 g/mol. The fourth-order valence-corrected chi connectivity index (χ4v) is 2.39. The average Bonchev–Trinajstić information content (AvgIpc) is 2.76. The highest BCUT2D eigenvalue weighted by Gasteiger charge is 2.06. The van der Waals surface area contributed by atoms with Crippen LogP contribution in [-0.2, 0) is 6.54 Å². The minimum absolute atomic E-state index is 0.556. The van der Waals surface area contributed by atoms with Crippen molar-refractivity contribution in [3.63, 3.8) is 0 Å². The molecule has 2 aromatic heterocycles. The Labute approximate surface area is 122 Å². The van der Waals surface area contributed by atoms with E-state index in [2.05, 4.69) is 9.97 Å². The number of H-pyrrole nitrogens is 1. The number of ether oxygens (including phenoxy) is 1. The Balaban J connectivity index is 1.79. The van der Waals surface area contributed by atoms with E-state index < -0.39 is 0 Å². The fourth-order valence-electron chi connectivity index (χ4n) is 2.10. The van der Waals surface area contributed by atoms with Crippen molar-refractivity contribution in [3.8, 4) is 5.75 Å². The molecule has 5 heteroatoms. The van der Waals surface area contributed by atoms with Crippen LogP contribution >= 0.6 is 12.2 Å². The average molecular weight is 285 g/mol. The number of rotatable bonds is 4. The lowest BCUT2D eigenvalue weighted by Crippen LogP contribution is -2.09. The summed E-state index contributed by atoms with van der Waals surface area (Å²) in [6.07, 6.45) is 0. The van der Waals surface area contributed by atoms with Gasteiger partial charge in [-0.25, -0.2) is 4.98 Å². The number of aromatic nitrogens is 3. The molecule has 20 heavy (non-hydrogen) atoms. The van der Waals surface area contributed by atoms with Crippen molar-refractivity contribution in [2.75, 3.05) is 6.61 Å². The van der Waals surface area contributed by atoms with Crippen molar-refractivity contribution in [1.82, 2.24) is 14.5 Å². The summed E-state index contributed by atoms with van der Waals surface area (Å²) in [4.78, 5) is 7.69. The van der Waals surface area contributed by atoms with Gasteiger partial charge in [-0.05, 0) is 43.4 Å². The van der Waals surface area contributed by atoms with Crippen LogP contribution in [0.15, 0.2) is 42.5 Å². The first-order valence-electron chi connectivity index (χ1n) is 6.48. The number of pyridine rings is 1. The first-order chi connectivity index (χ1) is 9.74. The molecule has 0 aliphatic heterocycles. The molecule has 0 amide bonds. The molecule has 0 aliphatic carbocycles. The van der Waals surface area contributed by atoms with Gasteiger partial charge in [0.1, 0.15) is 12.4 Å². The highest BCUT2D eigenvalue weighted by molar-refractivity contribution is 7.71. The second-order valence-electron chi connectivity index (χ2n) is 4.57. The number of aryl methyl sites for hydroxylation is 1. The number of hydrogen-bond donors (Lipinski definition) is 1. The van der Waals surface area contributed by atoms with Gasteiger partial charge in [0.15, 0.2) is 10.4 Å². The summed E-state index contributed by atoms with van der Waals surface area (Å²) in [7, 11) is 0. The van der Waals surface area contributed by atoms with Gasteiger partial charge in [-0.15, -0.1) is 0 Å². The molecule has 1 N–H and O–H groups in total. The summed E-state index contributed by atoms with van der Waals surface area (Å²) in [5.41, 5.74) is 2.82. The van der Waals surface area contributed by atoms with Gasteiger partial charge < -0.3 is 9.72 Å². The van der Waals surface area contributed by atoms with Gasteiger partial charge in [-0.3, -0.25) is 4.57 Å². The summed E-state index contributed by atoms with van der Waals surface area (Å²) >= 11 is 5.34. The van der Waals surface area contributed by atoms with Crippen LogP contribution in [0.1, 0.15) is 5.69 Å². The summed E-state index contributed by atoms with van der Waals surface area (Å²) in [5, 5.41) is 0. The van der Waals surface area contributed by atoms with Crippen molar-refractivity contribution in [3.05, 3.63) is 52.9 Å². The second kappa shape index (κ2) is 5.46. The van der Waals surface area contributed by atoms with Crippen LogP contribution in [0, 0.1) is 11.7 Å². The van der Waals surface area contributed by atoms with Crippen molar-refractivity contribution in [2.24, 2.45) is 0 Å². The van der Waals surface area contributed by atoms with E-state index in [1.54, 1.807) is 0 Å². The molecule has 0 aliphatic rings. The third-order valence-electron chi connectivity index (χ3n) is 3.08. The van der Waals surface area contributed by atoms with Crippen LogP contribution < -0.4 is 4.74 Å². The van der Waals surface area contributed by atoms with Gasteiger partial charge in [0.25, 0.3) is 0 Å². The molecule has 0 fully saturated rings. The van der Waals surface area contributed by atoms with E-state index in [9.17, 15) is 0 Å². The lowest BCUT2D eigenvalue weighted by atomic mass is 10.3. The van der Waals surface area contributed by atoms with Crippen LogP contribution in [-0.4, -0.2) is 21.1 Å². The van der Waals surface area contributed by atoms with Crippen molar-refractivity contribution in [2.45, 2.75) is 13.5 Å². The van der Waals surface area contributed by atoms with Crippen LogP contribution in [0.3, 0.4) is 0 Å². The molecule has 3 rings (SSSR count). The number of aromatic amines is 1. The number of hydrogen-bond acceptors (Lipinski definition) is 3. The summed E-state index contributed by atoms with van der Waals surface area (Å²) < 4.78 is 8.35. The Kier molecular flexibility index (Phi) is 3.52.